The van der Waals surface area contributed by atoms with Gasteiger partial charge in [-0.3, -0.25) is 4.79 Å². The maximum absolute atomic E-state index is 12.5. The Bertz CT molecular complexity index is 432. The van der Waals surface area contributed by atoms with Gasteiger partial charge in [0.25, 0.3) is 5.91 Å². The molecule has 1 atom stereocenters. The predicted molar refractivity (Wildman–Crippen MR) is 68.5 cm³/mol. The third-order valence-electron chi connectivity index (χ3n) is 4.28. The number of piperidine rings is 1. The van der Waals surface area contributed by atoms with E-state index in [4.69, 9.17) is 4.74 Å². The van der Waals surface area contributed by atoms with Crippen molar-refractivity contribution < 1.29 is 9.53 Å². The lowest BCUT2D eigenvalue weighted by Crippen LogP contribution is -2.49. The van der Waals surface area contributed by atoms with Crippen molar-refractivity contribution >= 4 is 5.91 Å². The molecule has 2 aliphatic rings. The van der Waals surface area contributed by atoms with Crippen LogP contribution in [0, 0.1) is 0 Å². The van der Waals surface area contributed by atoms with Crippen molar-refractivity contribution in [2.45, 2.75) is 44.2 Å². The second kappa shape index (κ2) is 4.92. The molecule has 6 nitrogen and oxygen atoms in total. The van der Waals surface area contributed by atoms with Crippen LogP contribution in [-0.4, -0.2) is 50.9 Å². The van der Waals surface area contributed by atoms with Crippen molar-refractivity contribution in [1.29, 1.82) is 0 Å². The van der Waals surface area contributed by atoms with Gasteiger partial charge in [0, 0.05) is 25.7 Å². The molecular formula is C13H20N4O2. The number of amides is 1. The fourth-order valence-electron chi connectivity index (χ4n) is 3.05. The van der Waals surface area contributed by atoms with E-state index in [0.29, 0.717) is 12.6 Å². The lowest BCUT2D eigenvalue weighted by molar-refractivity contribution is -0.152. The molecule has 0 aromatic carbocycles. The molecular weight excluding hydrogens is 244 g/mol. The van der Waals surface area contributed by atoms with E-state index in [1.807, 2.05) is 16.4 Å². The van der Waals surface area contributed by atoms with E-state index in [-0.39, 0.29) is 5.91 Å². The molecule has 0 saturated carbocycles. The summed E-state index contributed by atoms with van der Waals surface area (Å²) < 4.78 is 7.68. The van der Waals surface area contributed by atoms with Crippen molar-refractivity contribution in [3.8, 4) is 0 Å². The van der Waals surface area contributed by atoms with Crippen LogP contribution in [0.3, 0.4) is 0 Å². The summed E-state index contributed by atoms with van der Waals surface area (Å²) in [5, 5.41) is 7.68. The zero-order valence-electron chi connectivity index (χ0n) is 11.3. The third kappa shape index (κ3) is 2.36. The van der Waals surface area contributed by atoms with Gasteiger partial charge >= 0.3 is 0 Å². The lowest BCUT2D eigenvalue weighted by Gasteiger charge is -2.36. The Morgan fingerprint density at radius 3 is 2.58 bits per heavy atom. The lowest BCUT2D eigenvalue weighted by atomic mass is 9.98. The molecule has 104 valence electrons. The number of nitrogens with zero attached hydrogens (tertiary/aromatic N) is 4. The molecule has 0 unspecified atom stereocenters. The average molecular weight is 264 g/mol. The van der Waals surface area contributed by atoms with E-state index in [1.54, 1.807) is 12.7 Å². The number of ether oxygens (including phenoxy) is 1. The van der Waals surface area contributed by atoms with E-state index < -0.39 is 5.60 Å². The number of likely N-dealkylation sites (tertiary alicyclic amines) is 1. The first-order chi connectivity index (χ1) is 9.19. The third-order valence-corrected chi connectivity index (χ3v) is 4.28. The summed E-state index contributed by atoms with van der Waals surface area (Å²) in [6.07, 6.45) is 7.25. The quantitative estimate of drug-likeness (QED) is 0.800. The van der Waals surface area contributed by atoms with E-state index in [9.17, 15) is 4.79 Å². The molecule has 0 bridgehead atoms. The van der Waals surface area contributed by atoms with Gasteiger partial charge in [-0.05, 0) is 32.6 Å². The summed E-state index contributed by atoms with van der Waals surface area (Å²) in [4.78, 5) is 14.4. The Hall–Kier alpha value is -1.43. The molecule has 0 radical (unpaired) electrons. The molecule has 0 aliphatic carbocycles. The fraction of sp³-hybridized carbons (Fsp3) is 0.769. The van der Waals surface area contributed by atoms with Crippen LogP contribution in [0.15, 0.2) is 12.7 Å². The largest absolute Gasteiger partial charge is 0.365 e. The zero-order valence-corrected chi connectivity index (χ0v) is 11.3. The summed E-state index contributed by atoms with van der Waals surface area (Å²) in [5.41, 5.74) is -0.580. The first-order valence-corrected chi connectivity index (χ1v) is 6.96. The van der Waals surface area contributed by atoms with Gasteiger partial charge in [-0.2, -0.15) is 0 Å². The summed E-state index contributed by atoms with van der Waals surface area (Å²) in [6, 6.07) is 0.413. The van der Waals surface area contributed by atoms with Crippen LogP contribution in [0.25, 0.3) is 0 Å². The van der Waals surface area contributed by atoms with Crippen LogP contribution < -0.4 is 0 Å². The first kappa shape index (κ1) is 12.6. The highest BCUT2D eigenvalue weighted by Crippen LogP contribution is 2.30. The van der Waals surface area contributed by atoms with Crippen LogP contribution in [0.2, 0.25) is 0 Å². The molecule has 6 heteroatoms. The molecule has 1 amide bonds. The van der Waals surface area contributed by atoms with Crippen molar-refractivity contribution in [3.63, 3.8) is 0 Å². The van der Waals surface area contributed by atoms with Gasteiger partial charge < -0.3 is 14.2 Å². The zero-order chi connectivity index (χ0) is 13.3. The Balaban J connectivity index is 1.59. The maximum atomic E-state index is 12.5. The number of carbonyl (C=O) groups is 1. The fourth-order valence-corrected chi connectivity index (χ4v) is 3.05. The first-order valence-electron chi connectivity index (χ1n) is 6.96. The topological polar surface area (TPSA) is 60.2 Å². The molecule has 1 aromatic rings. The number of hydrogen-bond donors (Lipinski definition) is 0. The Labute approximate surface area is 112 Å². The average Bonchev–Trinajstić information content (AvgIpc) is 3.10. The minimum Gasteiger partial charge on any atom is -0.365 e. The normalized spacial score (nSPS) is 28.8. The number of rotatable bonds is 2. The number of hydrogen-bond acceptors (Lipinski definition) is 4. The molecule has 1 aromatic heterocycles. The maximum Gasteiger partial charge on any atom is 0.254 e. The molecule has 2 fully saturated rings. The number of aromatic nitrogens is 3. The highest BCUT2D eigenvalue weighted by molar-refractivity contribution is 5.85. The van der Waals surface area contributed by atoms with Crippen LogP contribution in [-0.2, 0) is 9.53 Å². The molecule has 19 heavy (non-hydrogen) atoms. The summed E-state index contributed by atoms with van der Waals surface area (Å²) in [7, 11) is 0. The van der Waals surface area contributed by atoms with Crippen molar-refractivity contribution in [1.82, 2.24) is 19.7 Å². The summed E-state index contributed by atoms with van der Waals surface area (Å²) >= 11 is 0. The molecule has 3 heterocycles. The number of carbonyl (C=O) groups excluding carboxylic acids is 1. The Morgan fingerprint density at radius 1 is 1.32 bits per heavy atom. The van der Waals surface area contributed by atoms with Gasteiger partial charge in [0.2, 0.25) is 0 Å². The molecule has 2 aliphatic heterocycles. The molecule has 3 rings (SSSR count). The van der Waals surface area contributed by atoms with E-state index in [1.165, 1.54) is 0 Å². The van der Waals surface area contributed by atoms with Crippen LogP contribution in [0.5, 0.6) is 0 Å². The smallest absolute Gasteiger partial charge is 0.254 e. The molecule has 0 spiro atoms. The predicted octanol–water partition coefficient (Wildman–Crippen LogP) is 1.01. The second-order valence-electron chi connectivity index (χ2n) is 5.62. The Kier molecular flexibility index (Phi) is 3.26. The van der Waals surface area contributed by atoms with Gasteiger partial charge in [0.1, 0.15) is 18.3 Å². The monoisotopic (exact) mass is 264 g/mol. The van der Waals surface area contributed by atoms with Crippen LogP contribution >= 0.6 is 0 Å². The SMILES string of the molecule is C[C@@]1(C(=O)N2CCC(n3cnnc3)CC2)CCCO1. The van der Waals surface area contributed by atoms with Gasteiger partial charge in [-0.25, -0.2) is 0 Å². The van der Waals surface area contributed by atoms with Crippen molar-refractivity contribution in [2.24, 2.45) is 0 Å². The van der Waals surface area contributed by atoms with E-state index >= 15 is 0 Å². The van der Waals surface area contributed by atoms with Crippen LogP contribution in [0.4, 0.5) is 0 Å². The van der Waals surface area contributed by atoms with Gasteiger partial charge in [0.15, 0.2) is 0 Å². The standard InChI is InChI=1S/C13H20N4O2/c1-13(5-2-8-19-13)12(18)16-6-3-11(4-7-16)17-9-14-15-10-17/h9-11H,2-8H2,1H3/t13-/m0/s1. The summed E-state index contributed by atoms with van der Waals surface area (Å²) in [5.74, 6) is 0.159. The van der Waals surface area contributed by atoms with Crippen molar-refractivity contribution in [3.05, 3.63) is 12.7 Å². The minimum absolute atomic E-state index is 0.159. The van der Waals surface area contributed by atoms with Crippen LogP contribution in [0.1, 0.15) is 38.6 Å². The minimum atomic E-state index is -0.580. The molecule has 0 N–H and O–H groups in total. The van der Waals surface area contributed by atoms with E-state index in [2.05, 4.69) is 10.2 Å². The van der Waals surface area contributed by atoms with Crippen molar-refractivity contribution in [2.75, 3.05) is 19.7 Å². The molecule has 2 saturated heterocycles. The van der Waals surface area contributed by atoms with Gasteiger partial charge in [0.05, 0.1) is 0 Å². The Morgan fingerprint density at radius 2 is 2.00 bits per heavy atom. The van der Waals surface area contributed by atoms with E-state index in [0.717, 1.165) is 38.8 Å². The highest BCUT2D eigenvalue weighted by Gasteiger charge is 2.41. The summed E-state index contributed by atoms with van der Waals surface area (Å²) in [6.45, 7) is 4.22. The second-order valence-corrected chi connectivity index (χ2v) is 5.62. The highest BCUT2D eigenvalue weighted by atomic mass is 16.5. The van der Waals surface area contributed by atoms with Gasteiger partial charge in [-0.15, -0.1) is 10.2 Å². The van der Waals surface area contributed by atoms with Gasteiger partial charge in [-0.1, -0.05) is 0 Å².